The summed E-state index contributed by atoms with van der Waals surface area (Å²) in [5.74, 6) is 2.10. The number of fused-ring (bicyclic) bond motifs is 2. The molecule has 2 aliphatic rings. The Hall–Kier alpha value is -2.24. The highest BCUT2D eigenvalue weighted by atomic mass is 16.5. The zero-order valence-corrected chi connectivity index (χ0v) is 14.8. The molecule has 2 aromatic rings. The van der Waals surface area contributed by atoms with Crippen LogP contribution in [0, 0.1) is 0 Å². The lowest BCUT2D eigenvalue weighted by molar-refractivity contribution is 0.0596. The van der Waals surface area contributed by atoms with Gasteiger partial charge in [0.15, 0.2) is 11.5 Å². The summed E-state index contributed by atoms with van der Waals surface area (Å²) in [6.07, 6.45) is 1.68. The van der Waals surface area contributed by atoms with Crippen molar-refractivity contribution in [2.45, 2.75) is 18.9 Å². The molecular weight excluding hydrogens is 318 g/mol. The largest absolute Gasteiger partial charge is 0.492 e. The molecule has 5 heteroatoms. The van der Waals surface area contributed by atoms with E-state index in [0.29, 0.717) is 11.5 Å². The van der Waals surface area contributed by atoms with Crippen LogP contribution in [0.25, 0.3) is 11.1 Å². The van der Waals surface area contributed by atoms with Crippen molar-refractivity contribution < 1.29 is 19.3 Å². The lowest BCUT2D eigenvalue weighted by Crippen LogP contribution is -2.39. The Morgan fingerprint density at radius 1 is 1.04 bits per heavy atom. The standard InChI is InChI=1S/C20H23NO4/c1-23-18-14-8-9-21(11-22)15-10-12-6-4-5-7-13(12)17(16(14)15)19(24-2)20(18)25-3/h4-7,15,22H,8-11H2,1-3H3. The smallest absolute Gasteiger partial charge is 0.204 e. The number of aliphatic hydroxyl groups excluding tert-OH is 1. The number of benzene rings is 2. The zero-order chi connectivity index (χ0) is 17.6. The monoisotopic (exact) mass is 341 g/mol. The van der Waals surface area contributed by atoms with Gasteiger partial charge in [0.2, 0.25) is 5.75 Å². The van der Waals surface area contributed by atoms with E-state index in [9.17, 15) is 5.11 Å². The first kappa shape index (κ1) is 16.2. The molecule has 1 atom stereocenters. The minimum Gasteiger partial charge on any atom is -0.492 e. The van der Waals surface area contributed by atoms with Crippen LogP contribution in [0.5, 0.6) is 17.2 Å². The number of rotatable bonds is 4. The topological polar surface area (TPSA) is 51.2 Å². The summed E-state index contributed by atoms with van der Waals surface area (Å²) in [6, 6.07) is 8.51. The van der Waals surface area contributed by atoms with E-state index in [2.05, 4.69) is 23.1 Å². The van der Waals surface area contributed by atoms with Gasteiger partial charge in [0, 0.05) is 23.7 Å². The molecule has 0 aromatic heterocycles. The van der Waals surface area contributed by atoms with Crippen LogP contribution in [0.1, 0.15) is 22.7 Å². The molecule has 1 N–H and O–H groups in total. The van der Waals surface area contributed by atoms with Gasteiger partial charge in [-0.25, -0.2) is 0 Å². The Morgan fingerprint density at radius 3 is 2.44 bits per heavy atom. The summed E-state index contributed by atoms with van der Waals surface area (Å²) >= 11 is 0. The maximum absolute atomic E-state index is 9.87. The fourth-order valence-corrected chi connectivity index (χ4v) is 4.37. The van der Waals surface area contributed by atoms with Gasteiger partial charge < -0.3 is 19.3 Å². The van der Waals surface area contributed by atoms with E-state index >= 15 is 0 Å². The SMILES string of the molecule is COc1c2c3c(c(OC)c1OC)-c1ccccc1CC3N(CO)CC2. The van der Waals surface area contributed by atoms with E-state index < -0.39 is 0 Å². The molecule has 0 amide bonds. The van der Waals surface area contributed by atoms with Crippen molar-refractivity contribution in [1.29, 1.82) is 0 Å². The summed E-state index contributed by atoms with van der Waals surface area (Å²) in [5.41, 5.74) is 5.87. The Labute approximate surface area is 147 Å². The molecule has 0 saturated heterocycles. The number of ether oxygens (including phenoxy) is 3. The van der Waals surface area contributed by atoms with Gasteiger partial charge in [-0.05, 0) is 29.5 Å². The Bertz CT molecular complexity index is 818. The molecule has 5 nitrogen and oxygen atoms in total. The summed E-state index contributed by atoms with van der Waals surface area (Å²) < 4.78 is 17.2. The minimum absolute atomic E-state index is 0.0440. The van der Waals surface area contributed by atoms with Crippen LogP contribution in [-0.4, -0.2) is 44.6 Å². The molecule has 25 heavy (non-hydrogen) atoms. The van der Waals surface area contributed by atoms with Gasteiger partial charge in [0.05, 0.1) is 28.1 Å². The quantitative estimate of drug-likeness (QED) is 0.927. The third-order valence-corrected chi connectivity index (χ3v) is 5.43. The number of methoxy groups -OCH3 is 3. The normalized spacial score (nSPS) is 18.3. The van der Waals surface area contributed by atoms with Crippen LogP contribution < -0.4 is 14.2 Å². The lowest BCUT2D eigenvalue weighted by Gasteiger charge is -2.42. The highest BCUT2D eigenvalue weighted by molar-refractivity contribution is 5.86. The van der Waals surface area contributed by atoms with Crippen LogP contribution in [0.15, 0.2) is 24.3 Å². The number of hydrogen-bond acceptors (Lipinski definition) is 5. The molecule has 0 saturated carbocycles. The Morgan fingerprint density at radius 2 is 1.76 bits per heavy atom. The van der Waals surface area contributed by atoms with Crippen LogP contribution >= 0.6 is 0 Å². The van der Waals surface area contributed by atoms with E-state index in [0.717, 1.165) is 30.7 Å². The summed E-state index contributed by atoms with van der Waals surface area (Å²) in [6.45, 7) is 0.837. The Balaban J connectivity index is 2.11. The molecule has 0 radical (unpaired) electrons. The first-order valence-corrected chi connectivity index (χ1v) is 8.53. The Kier molecular flexibility index (Phi) is 4.06. The van der Waals surface area contributed by atoms with Gasteiger partial charge >= 0.3 is 0 Å². The average molecular weight is 341 g/mol. The molecular formula is C20H23NO4. The molecule has 1 aliphatic heterocycles. The highest BCUT2D eigenvalue weighted by Crippen LogP contribution is 2.56. The first-order valence-electron chi connectivity index (χ1n) is 8.53. The van der Waals surface area contributed by atoms with Crippen LogP contribution in [0.2, 0.25) is 0 Å². The second-order valence-electron chi connectivity index (χ2n) is 6.45. The fourth-order valence-electron chi connectivity index (χ4n) is 4.37. The van der Waals surface area contributed by atoms with E-state index in [1.807, 2.05) is 6.07 Å². The van der Waals surface area contributed by atoms with Crippen molar-refractivity contribution in [1.82, 2.24) is 4.90 Å². The predicted molar refractivity (Wildman–Crippen MR) is 95.5 cm³/mol. The van der Waals surface area contributed by atoms with Crippen molar-refractivity contribution in [3.8, 4) is 28.4 Å². The van der Waals surface area contributed by atoms with E-state index in [1.165, 1.54) is 22.3 Å². The average Bonchev–Trinajstić information content (AvgIpc) is 2.67. The van der Waals surface area contributed by atoms with Crippen LogP contribution in [-0.2, 0) is 12.8 Å². The molecule has 0 fully saturated rings. The predicted octanol–water partition coefficient (Wildman–Crippen LogP) is 2.78. The van der Waals surface area contributed by atoms with Crippen molar-refractivity contribution >= 4 is 0 Å². The molecule has 132 valence electrons. The van der Waals surface area contributed by atoms with Gasteiger partial charge in [0.25, 0.3) is 0 Å². The molecule has 1 aliphatic carbocycles. The van der Waals surface area contributed by atoms with Crippen molar-refractivity contribution in [3.05, 3.63) is 41.0 Å². The van der Waals surface area contributed by atoms with Gasteiger partial charge in [-0.3, -0.25) is 4.90 Å². The lowest BCUT2D eigenvalue weighted by atomic mass is 9.76. The van der Waals surface area contributed by atoms with E-state index in [1.54, 1.807) is 21.3 Å². The van der Waals surface area contributed by atoms with Crippen molar-refractivity contribution in [2.75, 3.05) is 34.6 Å². The minimum atomic E-state index is 0.0440. The molecule has 1 heterocycles. The molecule has 2 aromatic carbocycles. The number of aliphatic hydroxyl groups is 1. The van der Waals surface area contributed by atoms with Gasteiger partial charge in [-0.15, -0.1) is 0 Å². The number of nitrogens with zero attached hydrogens (tertiary/aromatic N) is 1. The molecule has 0 spiro atoms. The van der Waals surface area contributed by atoms with Crippen LogP contribution in [0.3, 0.4) is 0 Å². The maximum Gasteiger partial charge on any atom is 0.204 e. The third kappa shape index (κ3) is 2.23. The van der Waals surface area contributed by atoms with E-state index in [4.69, 9.17) is 14.2 Å². The molecule has 0 bridgehead atoms. The van der Waals surface area contributed by atoms with Gasteiger partial charge in [-0.2, -0.15) is 0 Å². The highest BCUT2D eigenvalue weighted by Gasteiger charge is 2.39. The first-order chi connectivity index (χ1) is 12.2. The zero-order valence-electron chi connectivity index (χ0n) is 14.8. The number of hydrogen-bond donors (Lipinski definition) is 1. The maximum atomic E-state index is 9.87. The van der Waals surface area contributed by atoms with Crippen molar-refractivity contribution in [3.63, 3.8) is 0 Å². The van der Waals surface area contributed by atoms with Gasteiger partial charge in [0.1, 0.15) is 0 Å². The summed E-state index contributed by atoms with van der Waals surface area (Å²) in [4.78, 5) is 2.12. The van der Waals surface area contributed by atoms with Crippen LogP contribution in [0.4, 0.5) is 0 Å². The summed E-state index contributed by atoms with van der Waals surface area (Å²) in [5, 5.41) is 9.87. The molecule has 1 unspecified atom stereocenters. The fraction of sp³-hybridized carbons (Fsp3) is 0.400. The summed E-state index contributed by atoms with van der Waals surface area (Å²) in [7, 11) is 4.98. The van der Waals surface area contributed by atoms with Crippen molar-refractivity contribution in [2.24, 2.45) is 0 Å². The molecule has 4 rings (SSSR count). The third-order valence-electron chi connectivity index (χ3n) is 5.43. The van der Waals surface area contributed by atoms with Gasteiger partial charge in [-0.1, -0.05) is 24.3 Å². The van der Waals surface area contributed by atoms with E-state index in [-0.39, 0.29) is 12.8 Å². The second kappa shape index (κ2) is 6.24. The second-order valence-corrected chi connectivity index (χ2v) is 6.45.